The molecule has 4 rings (SSSR count). The SMILES string of the molecule is COc1n[nH]c2ncc(/C=C/C(=O)N(C)C(C)c3cc4ccccc4[nH]3)cc12. The lowest BCUT2D eigenvalue weighted by molar-refractivity contribution is -0.126. The van der Waals surface area contributed by atoms with Crippen LogP contribution < -0.4 is 4.74 Å². The van der Waals surface area contributed by atoms with Gasteiger partial charge in [-0.05, 0) is 42.1 Å². The van der Waals surface area contributed by atoms with Crippen molar-refractivity contribution in [2.75, 3.05) is 14.2 Å². The summed E-state index contributed by atoms with van der Waals surface area (Å²) in [5.74, 6) is 0.388. The molecule has 0 aliphatic rings. The van der Waals surface area contributed by atoms with Gasteiger partial charge in [0.25, 0.3) is 0 Å². The van der Waals surface area contributed by atoms with Crippen molar-refractivity contribution in [3.63, 3.8) is 0 Å². The number of hydrogen-bond donors (Lipinski definition) is 2. The maximum Gasteiger partial charge on any atom is 0.246 e. The van der Waals surface area contributed by atoms with E-state index < -0.39 is 0 Å². The minimum Gasteiger partial charge on any atom is -0.479 e. The predicted octanol–water partition coefficient (Wildman–Crippen LogP) is 3.68. The first-order chi connectivity index (χ1) is 13.6. The summed E-state index contributed by atoms with van der Waals surface area (Å²) in [6.45, 7) is 2.00. The third-order valence-electron chi connectivity index (χ3n) is 4.94. The highest BCUT2D eigenvalue weighted by atomic mass is 16.5. The van der Waals surface area contributed by atoms with Gasteiger partial charge in [-0.2, -0.15) is 0 Å². The number of ether oxygens (including phenoxy) is 1. The number of aromatic nitrogens is 4. The Hall–Kier alpha value is -3.61. The molecule has 1 aromatic carbocycles. The molecule has 142 valence electrons. The molecule has 2 N–H and O–H groups in total. The van der Waals surface area contributed by atoms with E-state index in [0.29, 0.717) is 11.5 Å². The van der Waals surface area contributed by atoms with E-state index in [0.717, 1.165) is 27.5 Å². The van der Waals surface area contributed by atoms with Crippen molar-refractivity contribution in [1.82, 2.24) is 25.1 Å². The van der Waals surface area contributed by atoms with Gasteiger partial charge in [-0.1, -0.05) is 18.2 Å². The quantitative estimate of drug-likeness (QED) is 0.521. The first-order valence-electron chi connectivity index (χ1n) is 8.97. The first kappa shape index (κ1) is 17.8. The predicted molar refractivity (Wildman–Crippen MR) is 109 cm³/mol. The molecule has 0 saturated heterocycles. The summed E-state index contributed by atoms with van der Waals surface area (Å²) in [4.78, 5) is 22.0. The largest absolute Gasteiger partial charge is 0.479 e. The number of carbonyl (C=O) groups excluding carboxylic acids is 1. The molecule has 7 heteroatoms. The van der Waals surface area contributed by atoms with Gasteiger partial charge in [0.2, 0.25) is 11.8 Å². The number of aromatic amines is 2. The molecule has 0 radical (unpaired) electrons. The van der Waals surface area contributed by atoms with Gasteiger partial charge in [0.15, 0.2) is 5.65 Å². The number of nitrogens with zero attached hydrogens (tertiary/aromatic N) is 3. The molecule has 1 unspecified atom stereocenters. The van der Waals surface area contributed by atoms with E-state index in [-0.39, 0.29) is 11.9 Å². The second kappa shape index (κ2) is 7.19. The van der Waals surface area contributed by atoms with Gasteiger partial charge in [-0.15, -0.1) is 5.10 Å². The Labute approximate surface area is 162 Å². The number of para-hydroxylation sites is 1. The molecule has 3 heterocycles. The number of benzene rings is 1. The molecule has 7 nitrogen and oxygen atoms in total. The van der Waals surface area contributed by atoms with E-state index in [1.54, 1.807) is 37.4 Å². The maximum absolute atomic E-state index is 12.6. The van der Waals surface area contributed by atoms with Crippen LogP contribution in [0.25, 0.3) is 28.0 Å². The van der Waals surface area contributed by atoms with Gasteiger partial charge in [0, 0.05) is 30.5 Å². The van der Waals surface area contributed by atoms with E-state index in [1.165, 1.54) is 0 Å². The Kier molecular flexibility index (Phi) is 4.57. The van der Waals surface area contributed by atoms with E-state index in [4.69, 9.17) is 4.74 Å². The second-order valence-corrected chi connectivity index (χ2v) is 6.67. The van der Waals surface area contributed by atoms with Crippen LogP contribution in [0.5, 0.6) is 5.88 Å². The third kappa shape index (κ3) is 3.22. The Morgan fingerprint density at radius 3 is 2.89 bits per heavy atom. The number of pyridine rings is 1. The van der Waals surface area contributed by atoms with E-state index in [2.05, 4.69) is 32.3 Å². The van der Waals surface area contributed by atoms with E-state index in [9.17, 15) is 4.79 Å². The standard InChI is InChI=1S/C21H21N5O2/c1-13(18-11-15-6-4-5-7-17(15)23-18)26(2)19(27)9-8-14-10-16-20(22-12-14)24-25-21(16)28-3/h4-13,23H,1-3H3,(H,22,24,25)/b9-8+. The number of nitrogens with one attached hydrogen (secondary N) is 2. The molecule has 1 amide bonds. The van der Waals surface area contributed by atoms with E-state index >= 15 is 0 Å². The van der Waals surface area contributed by atoms with Crippen LogP contribution in [0, 0.1) is 0 Å². The Morgan fingerprint density at radius 1 is 1.29 bits per heavy atom. The summed E-state index contributed by atoms with van der Waals surface area (Å²) in [6.07, 6.45) is 4.98. The van der Waals surface area contributed by atoms with Gasteiger partial charge in [0.05, 0.1) is 18.5 Å². The lowest BCUT2D eigenvalue weighted by Crippen LogP contribution is -2.28. The fourth-order valence-electron chi connectivity index (χ4n) is 3.15. The number of amides is 1. The van der Waals surface area contributed by atoms with Gasteiger partial charge in [0.1, 0.15) is 0 Å². The summed E-state index contributed by atoms with van der Waals surface area (Å²) >= 11 is 0. The third-order valence-corrected chi connectivity index (χ3v) is 4.94. The normalized spacial score (nSPS) is 12.7. The molecule has 3 aromatic heterocycles. The number of carbonyl (C=O) groups is 1. The summed E-state index contributed by atoms with van der Waals surface area (Å²) in [5.41, 5.74) is 3.50. The molecule has 0 aliphatic carbocycles. The van der Waals surface area contributed by atoms with Crippen molar-refractivity contribution < 1.29 is 9.53 Å². The zero-order valence-corrected chi connectivity index (χ0v) is 15.9. The Morgan fingerprint density at radius 2 is 2.11 bits per heavy atom. The monoisotopic (exact) mass is 375 g/mol. The molecule has 0 aliphatic heterocycles. The van der Waals surface area contributed by atoms with Crippen LogP contribution in [0.2, 0.25) is 0 Å². The molecule has 0 bridgehead atoms. The van der Waals surface area contributed by atoms with Gasteiger partial charge < -0.3 is 14.6 Å². The van der Waals surface area contributed by atoms with Gasteiger partial charge in [-0.25, -0.2) is 4.98 Å². The molecule has 28 heavy (non-hydrogen) atoms. The number of H-pyrrole nitrogens is 2. The van der Waals surface area contributed by atoms with Crippen LogP contribution in [0.1, 0.15) is 24.2 Å². The number of methoxy groups -OCH3 is 1. The molecule has 0 fully saturated rings. The van der Waals surface area contributed by atoms with Crippen molar-refractivity contribution in [3.8, 4) is 5.88 Å². The van der Waals surface area contributed by atoms with Crippen molar-refractivity contribution in [1.29, 1.82) is 0 Å². The minimum atomic E-state index is -0.0922. The van der Waals surface area contributed by atoms with Crippen molar-refractivity contribution in [2.45, 2.75) is 13.0 Å². The summed E-state index contributed by atoms with van der Waals surface area (Å²) < 4.78 is 5.21. The number of likely N-dealkylation sites (N-methyl/N-ethyl adjacent to an activating group) is 1. The van der Waals surface area contributed by atoms with Crippen molar-refractivity contribution in [3.05, 3.63) is 59.9 Å². The minimum absolute atomic E-state index is 0.0841. The summed E-state index contributed by atoms with van der Waals surface area (Å²) in [7, 11) is 3.35. The molecule has 0 saturated carbocycles. The van der Waals surface area contributed by atoms with Gasteiger partial charge in [-0.3, -0.25) is 9.89 Å². The first-order valence-corrected chi connectivity index (χ1v) is 8.97. The highest BCUT2D eigenvalue weighted by molar-refractivity contribution is 5.93. The number of hydrogen-bond acceptors (Lipinski definition) is 4. The van der Waals surface area contributed by atoms with Crippen LogP contribution in [0.4, 0.5) is 0 Å². The maximum atomic E-state index is 12.6. The van der Waals surface area contributed by atoms with Crippen LogP contribution in [-0.2, 0) is 4.79 Å². The lowest BCUT2D eigenvalue weighted by atomic mass is 10.2. The average Bonchev–Trinajstić information content (AvgIpc) is 3.34. The summed E-state index contributed by atoms with van der Waals surface area (Å²) in [6, 6.07) is 12.0. The fraction of sp³-hybridized carbons (Fsp3) is 0.190. The van der Waals surface area contributed by atoms with Crippen LogP contribution in [0.15, 0.2) is 48.7 Å². The smallest absolute Gasteiger partial charge is 0.246 e. The molecule has 0 spiro atoms. The Balaban J connectivity index is 1.51. The molecule has 4 aromatic rings. The Bertz CT molecular complexity index is 1140. The lowest BCUT2D eigenvalue weighted by Gasteiger charge is -2.22. The second-order valence-electron chi connectivity index (χ2n) is 6.67. The van der Waals surface area contributed by atoms with Crippen molar-refractivity contribution in [2.24, 2.45) is 0 Å². The highest BCUT2D eigenvalue weighted by Crippen LogP contribution is 2.24. The zero-order chi connectivity index (χ0) is 19.7. The fourth-order valence-corrected chi connectivity index (χ4v) is 3.15. The molecular weight excluding hydrogens is 354 g/mol. The van der Waals surface area contributed by atoms with Crippen molar-refractivity contribution >= 4 is 33.9 Å². The highest BCUT2D eigenvalue weighted by Gasteiger charge is 2.17. The number of fused-ring (bicyclic) bond motifs is 2. The van der Waals surface area contributed by atoms with Crippen LogP contribution >= 0.6 is 0 Å². The number of rotatable bonds is 5. The topological polar surface area (TPSA) is 86.9 Å². The van der Waals surface area contributed by atoms with Crippen LogP contribution in [0.3, 0.4) is 0 Å². The van der Waals surface area contributed by atoms with Gasteiger partial charge >= 0.3 is 0 Å². The zero-order valence-electron chi connectivity index (χ0n) is 15.9. The molecular formula is C21H21N5O2. The average molecular weight is 375 g/mol. The summed E-state index contributed by atoms with van der Waals surface area (Å²) in [5, 5.41) is 8.75. The van der Waals surface area contributed by atoms with E-state index in [1.807, 2.05) is 31.2 Å². The van der Waals surface area contributed by atoms with Crippen LogP contribution in [-0.4, -0.2) is 45.1 Å². The molecule has 1 atom stereocenters.